The quantitative estimate of drug-likeness (QED) is 0.468. The van der Waals surface area contributed by atoms with Gasteiger partial charge < -0.3 is 4.74 Å². The van der Waals surface area contributed by atoms with Crippen LogP contribution in [0.2, 0.25) is 0 Å². The van der Waals surface area contributed by atoms with Crippen LogP contribution in [-0.2, 0) is 5.33 Å². The van der Waals surface area contributed by atoms with Crippen LogP contribution < -0.4 is 4.74 Å². The van der Waals surface area contributed by atoms with E-state index in [2.05, 4.69) is 15.9 Å². The lowest BCUT2D eigenvalue weighted by Crippen LogP contribution is -1.96. The van der Waals surface area contributed by atoms with Gasteiger partial charge in [-0.3, -0.25) is 10.1 Å². The Morgan fingerprint density at radius 3 is 2.76 bits per heavy atom. The zero-order valence-electron chi connectivity index (χ0n) is 10.5. The van der Waals surface area contributed by atoms with E-state index in [0.29, 0.717) is 5.56 Å². The molecule has 0 aliphatic heterocycles. The molecule has 0 bridgehead atoms. The molecule has 0 radical (unpaired) electrons. The molecule has 0 saturated carbocycles. The van der Waals surface area contributed by atoms with Crippen LogP contribution >= 0.6 is 15.9 Å². The van der Waals surface area contributed by atoms with Crippen molar-refractivity contribution in [1.82, 2.24) is 0 Å². The number of ether oxygens (including phenoxy) is 1. The van der Waals surface area contributed by atoms with E-state index in [1.54, 1.807) is 6.07 Å². The number of rotatable bonds is 4. The zero-order chi connectivity index (χ0) is 15.4. The molecule has 2 rings (SSSR count). The first-order valence-electron chi connectivity index (χ1n) is 5.76. The van der Waals surface area contributed by atoms with Crippen LogP contribution in [0.3, 0.4) is 0 Å². The van der Waals surface area contributed by atoms with Crippen molar-refractivity contribution in [3.05, 3.63) is 63.5 Å². The van der Waals surface area contributed by atoms with Crippen LogP contribution in [0.5, 0.6) is 11.5 Å². The summed E-state index contributed by atoms with van der Waals surface area (Å²) in [4.78, 5) is 10.3. The summed E-state index contributed by atoms with van der Waals surface area (Å²) < 4.78 is 18.9. The number of nitro benzene ring substituents is 1. The van der Waals surface area contributed by atoms with E-state index in [9.17, 15) is 14.5 Å². The molecule has 0 aliphatic carbocycles. The Kier molecular flexibility index (Phi) is 4.50. The van der Waals surface area contributed by atoms with E-state index in [4.69, 9.17) is 10.00 Å². The van der Waals surface area contributed by atoms with Gasteiger partial charge in [-0.05, 0) is 24.3 Å². The van der Waals surface area contributed by atoms with Crippen LogP contribution in [0.25, 0.3) is 0 Å². The molecule has 0 heterocycles. The molecule has 2 aromatic carbocycles. The van der Waals surface area contributed by atoms with E-state index in [0.717, 1.165) is 6.07 Å². The van der Waals surface area contributed by atoms with Gasteiger partial charge >= 0.3 is 0 Å². The Labute approximate surface area is 127 Å². The molecular formula is C14H8BrFN2O3. The first-order valence-corrected chi connectivity index (χ1v) is 6.88. The Morgan fingerprint density at radius 1 is 1.38 bits per heavy atom. The van der Waals surface area contributed by atoms with Crippen molar-refractivity contribution in [2.75, 3.05) is 0 Å². The fraction of sp³-hybridized carbons (Fsp3) is 0.0714. The van der Waals surface area contributed by atoms with Crippen LogP contribution in [-0.4, -0.2) is 4.92 Å². The number of benzene rings is 2. The summed E-state index contributed by atoms with van der Waals surface area (Å²) in [6, 6.07) is 9.93. The van der Waals surface area contributed by atoms with Gasteiger partial charge in [0.2, 0.25) is 0 Å². The van der Waals surface area contributed by atoms with Gasteiger partial charge in [0.05, 0.1) is 4.92 Å². The van der Waals surface area contributed by atoms with Gasteiger partial charge in [0.1, 0.15) is 28.9 Å². The summed E-state index contributed by atoms with van der Waals surface area (Å²) in [5.74, 6) is -0.332. The summed E-state index contributed by atoms with van der Waals surface area (Å²) in [5.41, 5.74) is 0.169. The number of alkyl halides is 1. The number of hydrogen-bond donors (Lipinski definition) is 0. The molecule has 106 valence electrons. The minimum Gasteiger partial charge on any atom is -0.456 e. The third kappa shape index (κ3) is 3.17. The number of nitriles is 1. The molecule has 0 aromatic heterocycles. The van der Waals surface area contributed by atoms with Gasteiger partial charge in [0.25, 0.3) is 5.69 Å². The highest BCUT2D eigenvalue weighted by atomic mass is 79.9. The van der Waals surface area contributed by atoms with Crippen molar-refractivity contribution in [3.63, 3.8) is 0 Å². The molecule has 2 aromatic rings. The topological polar surface area (TPSA) is 76.2 Å². The lowest BCUT2D eigenvalue weighted by atomic mass is 10.2. The van der Waals surface area contributed by atoms with Gasteiger partial charge in [-0.1, -0.05) is 22.0 Å². The zero-order valence-corrected chi connectivity index (χ0v) is 12.1. The second-order valence-corrected chi connectivity index (χ2v) is 4.57. The first kappa shape index (κ1) is 14.9. The fourth-order valence-electron chi connectivity index (χ4n) is 1.74. The summed E-state index contributed by atoms with van der Waals surface area (Å²) in [6.45, 7) is 0. The van der Waals surface area contributed by atoms with Crippen molar-refractivity contribution in [2.24, 2.45) is 0 Å². The molecule has 0 amide bonds. The van der Waals surface area contributed by atoms with E-state index < -0.39 is 10.7 Å². The fourth-order valence-corrected chi connectivity index (χ4v) is 2.18. The summed E-state index contributed by atoms with van der Waals surface area (Å²) in [7, 11) is 0. The van der Waals surface area contributed by atoms with Gasteiger partial charge in [-0.2, -0.15) is 5.26 Å². The Balaban J connectivity index is 2.40. The van der Waals surface area contributed by atoms with Gasteiger partial charge in [0.15, 0.2) is 0 Å². The van der Waals surface area contributed by atoms with Crippen molar-refractivity contribution in [1.29, 1.82) is 5.26 Å². The van der Waals surface area contributed by atoms with E-state index in [1.807, 2.05) is 0 Å². The first-order chi connectivity index (χ1) is 10.1. The Hall–Kier alpha value is -2.46. The third-order valence-corrected chi connectivity index (χ3v) is 3.31. The molecule has 21 heavy (non-hydrogen) atoms. The minimum absolute atomic E-state index is 0.0426. The maximum Gasteiger partial charge on any atom is 0.273 e. The second-order valence-electron chi connectivity index (χ2n) is 4.01. The lowest BCUT2D eigenvalue weighted by molar-refractivity contribution is -0.385. The molecule has 0 spiro atoms. The lowest BCUT2D eigenvalue weighted by Gasteiger charge is -2.09. The summed E-state index contributed by atoms with van der Waals surface area (Å²) in [6.07, 6.45) is 0. The normalized spacial score (nSPS) is 9.95. The molecule has 5 nitrogen and oxygen atoms in total. The molecule has 0 unspecified atom stereocenters. The molecule has 0 fully saturated rings. The highest BCUT2D eigenvalue weighted by molar-refractivity contribution is 9.08. The van der Waals surface area contributed by atoms with Crippen LogP contribution in [0.1, 0.15) is 11.1 Å². The molecule has 0 N–H and O–H groups in total. The maximum absolute atomic E-state index is 13.5. The van der Waals surface area contributed by atoms with Crippen molar-refractivity contribution < 1.29 is 14.1 Å². The predicted molar refractivity (Wildman–Crippen MR) is 76.9 cm³/mol. The SMILES string of the molecule is N#Cc1c(F)cccc1Oc1ccc([N+](=O)[O-])c(CBr)c1. The molecule has 0 aliphatic rings. The monoisotopic (exact) mass is 350 g/mol. The van der Waals surface area contributed by atoms with Crippen LogP contribution in [0.15, 0.2) is 36.4 Å². The summed E-state index contributed by atoms with van der Waals surface area (Å²) >= 11 is 3.16. The van der Waals surface area contributed by atoms with Crippen LogP contribution in [0.4, 0.5) is 10.1 Å². The van der Waals surface area contributed by atoms with E-state index >= 15 is 0 Å². The van der Waals surface area contributed by atoms with Gasteiger partial charge in [-0.25, -0.2) is 4.39 Å². The highest BCUT2D eigenvalue weighted by Crippen LogP contribution is 2.31. The average molecular weight is 351 g/mol. The predicted octanol–water partition coefficient (Wildman–Crippen LogP) is 4.29. The summed E-state index contributed by atoms with van der Waals surface area (Å²) in [5, 5.41) is 20.0. The molecular weight excluding hydrogens is 343 g/mol. The average Bonchev–Trinajstić information content (AvgIpc) is 2.47. The van der Waals surface area contributed by atoms with E-state index in [1.165, 1.54) is 30.3 Å². The number of nitro groups is 1. The van der Waals surface area contributed by atoms with Gasteiger partial charge in [0, 0.05) is 17.0 Å². The standard InChI is InChI=1S/C14H8BrFN2O3/c15-7-9-6-10(4-5-13(9)18(19)20)21-14-3-1-2-12(16)11(14)8-17/h1-6H,7H2. The molecule has 0 saturated heterocycles. The largest absolute Gasteiger partial charge is 0.456 e. The number of nitrogens with zero attached hydrogens (tertiary/aromatic N) is 2. The maximum atomic E-state index is 13.5. The smallest absolute Gasteiger partial charge is 0.273 e. The highest BCUT2D eigenvalue weighted by Gasteiger charge is 2.15. The van der Waals surface area contributed by atoms with Crippen molar-refractivity contribution in [3.8, 4) is 17.6 Å². The van der Waals surface area contributed by atoms with Crippen LogP contribution in [0, 0.1) is 27.3 Å². The number of hydrogen-bond acceptors (Lipinski definition) is 4. The van der Waals surface area contributed by atoms with E-state index in [-0.39, 0.29) is 28.1 Å². The number of halogens is 2. The third-order valence-electron chi connectivity index (χ3n) is 2.71. The molecule has 0 atom stereocenters. The Morgan fingerprint density at radius 2 is 2.14 bits per heavy atom. The van der Waals surface area contributed by atoms with Crippen molar-refractivity contribution >= 4 is 21.6 Å². The van der Waals surface area contributed by atoms with Crippen molar-refractivity contribution in [2.45, 2.75) is 5.33 Å². The van der Waals surface area contributed by atoms with Gasteiger partial charge in [-0.15, -0.1) is 0 Å². The second kappa shape index (κ2) is 6.33. The Bertz CT molecular complexity index is 743. The minimum atomic E-state index is -0.683. The molecule has 7 heteroatoms.